The Morgan fingerprint density at radius 1 is 1.75 bits per heavy atom. The molecule has 2 heteroatoms. The van der Waals surface area contributed by atoms with Crippen LogP contribution in [0, 0.1) is 0 Å². The van der Waals surface area contributed by atoms with E-state index in [1.54, 1.807) is 0 Å². The average molecular weight is 189 g/mol. The van der Waals surface area contributed by atoms with Crippen LogP contribution >= 0.6 is 11.6 Å². The zero-order valence-electron chi connectivity index (χ0n) is 8.01. The largest absolute Gasteiger partial charge is 0.369 e. The van der Waals surface area contributed by atoms with E-state index in [2.05, 4.69) is 19.9 Å². The molecule has 1 aliphatic rings. The lowest BCUT2D eigenvalue weighted by Gasteiger charge is -2.30. The normalized spacial score (nSPS) is 32.8. The van der Waals surface area contributed by atoms with Gasteiger partial charge >= 0.3 is 0 Å². The summed E-state index contributed by atoms with van der Waals surface area (Å²) in [7, 11) is 0. The van der Waals surface area contributed by atoms with Crippen LogP contribution in [0.5, 0.6) is 0 Å². The van der Waals surface area contributed by atoms with Crippen LogP contribution in [-0.2, 0) is 4.74 Å². The smallest absolute Gasteiger partial charge is 0.0784 e. The molecule has 0 fully saturated rings. The fraction of sp³-hybridized carbons (Fsp3) is 0.800. The molecule has 1 unspecified atom stereocenters. The third-order valence-corrected chi connectivity index (χ3v) is 2.68. The summed E-state index contributed by atoms with van der Waals surface area (Å²) in [6.45, 7) is 6.26. The van der Waals surface area contributed by atoms with Crippen LogP contribution in [0.4, 0.5) is 0 Å². The Bertz CT molecular complexity index is 175. The summed E-state index contributed by atoms with van der Waals surface area (Å²) in [5.41, 5.74) is 1.35. The van der Waals surface area contributed by atoms with Crippen LogP contribution in [-0.4, -0.2) is 17.6 Å². The standard InChI is InChI=1S/C10H17ClO/c1-4-9-7(2)5-6-10(12-9)8(3)11/h5,8-10H,4,6H2,1-3H3/t8?,9-,10-/m1/s1. The van der Waals surface area contributed by atoms with E-state index < -0.39 is 0 Å². The minimum absolute atomic E-state index is 0.114. The molecule has 1 nitrogen and oxygen atoms in total. The lowest BCUT2D eigenvalue weighted by Crippen LogP contribution is -2.31. The van der Waals surface area contributed by atoms with E-state index in [-0.39, 0.29) is 11.5 Å². The molecule has 0 saturated carbocycles. The molecule has 0 aromatic rings. The molecule has 0 radical (unpaired) electrons. The van der Waals surface area contributed by atoms with Gasteiger partial charge in [-0.2, -0.15) is 0 Å². The number of ether oxygens (including phenoxy) is 1. The molecular formula is C10H17ClO. The van der Waals surface area contributed by atoms with Crippen molar-refractivity contribution in [1.82, 2.24) is 0 Å². The molecule has 70 valence electrons. The first-order chi connectivity index (χ1) is 5.65. The third kappa shape index (κ3) is 2.24. The van der Waals surface area contributed by atoms with Gasteiger partial charge in [-0.1, -0.05) is 13.0 Å². The van der Waals surface area contributed by atoms with E-state index in [9.17, 15) is 0 Å². The van der Waals surface area contributed by atoms with Gasteiger partial charge in [0.05, 0.1) is 17.6 Å². The minimum atomic E-state index is 0.114. The van der Waals surface area contributed by atoms with Crippen molar-refractivity contribution >= 4 is 11.6 Å². The predicted molar refractivity (Wildman–Crippen MR) is 52.6 cm³/mol. The SMILES string of the molecule is CC[C@H]1O[C@@H](C(C)Cl)CC=C1C. The highest BCUT2D eigenvalue weighted by Crippen LogP contribution is 2.24. The van der Waals surface area contributed by atoms with Crippen molar-refractivity contribution in [2.75, 3.05) is 0 Å². The van der Waals surface area contributed by atoms with Gasteiger partial charge in [-0.25, -0.2) is 0 Å². The van der Waals surface area contributed by atoms with Gasteiger partial charge in [-0.05, 0) is 32.3 Å². The van der Waals surface area contributed by atoms with Crippen molar-refractivity contribution in [1.29, 1.82) is 0 Å². The van der Waals surface area contributed by atoms with Crippen molar-refractivity contribution < 1.29 is 4.74 Å². The molecule has 3 atom stereocenters. The number of hydrogen-bond acceptors (Lipinski definition) is 1. The summed E-state index contributed by atoms with van der Waals surface area (Å²) in [4.78, 5) is 0. The first-order valence-corrected chi connectivity index (χ1v) is 5.05. The zero-order chi connectivity index (χ0) is 9.14. The van der Waals surface area contributed by atoms with Gasteiger partial charge in [0.1, 0.15) is 0 Å². The maximum atomic E-state index is 5.97. The van der Waals surface area contributed by atoms with Gasteiger partial charge in [0.2, 0.25) is 0 Å². The zero-order valence-corrected chi connectivity index (χ0v) is 8.77. The molecular weight excluding hydrogens is 172 g/mol. The van der Waals surface area contributed by atoms with Gasteiger partial charge in [-0.3, -0.25) is 0 Å². The van der Waals surface area contributed by atoms with Crippen molar-refractivity contribution in [3.05, 3.63) is 11.6 Å². The van der Waals surface area contributed by atoms with Crippen molar-refractivity contribution in [2.45, 2.75) is 51.2 Å². The number of hydrogen-bond donors (Lipinski definition) is 0. The minimum Gasteiger partial charge on any atom is -0.369 e. The Morgan fingerprint density at radius 3 is 2.92 bits per heavy atom. The molecule has 1 heterocycles. The molecule has 1 aliphatic heterocycles. The molecule has 1 rings (SSSR count). The Hall–Kier alpha value is -0.0100. The highest BCUT2D eigenvalue weighted by atomic mass is 35.5. The molecule has 0 N–H and O–H groups in total. The van der Waals surface area contributed by atoms with E-state index in [0.29, 0.717) is 6.10 Å². The molecule has 12 heavy (non-hydrogen) atoms. The lowest BCUT2D eigenvalue weighted by atomic mass is 10.0. The third-order valence-electron chi connectivity index (χ3n) is 2.40. The maximum absolute atomic E-state index is 5.97. The second-order valence-corrected chi connectivity index (χ2v) is 4.12. The van der Waals surface area contributed by atoms with Crippen LogP contribution < -0.4 is 0 Å². The molecule has 0 spiro atoms. The van der Waals surface area contributed by atoms with Crippen LogP contribution in [0.15, 0.2) is 11.6 Å². The highest BCUT2D eigenvalue weighted by Gasteiger charge is 2.23. The molecule has 0 aromatic heterocycles. The Kier molecular flexibility index (Phi) is 3.60. The first kappa shape index (κ1) is 10.1. The number of halogens is 1. The van der Waals surface area contributed by atoms with Crippen molar-refractivity contribution in [3.63, 3.8) is 0 Å². The van der Waals surface area contributed by atoms with Crippen LogP contribution in [0.1, 0.15) is 33.6 Å². The molecule has 0 aromatic carbocycles. The van der Waals surface area contributed by atoms with E-state index in [1.807, 2.05) is 6.92 Å². The molecule has 0 aliphatic carbocycles. The topological polar surface area (TPSA) is 9.23 Å². The van der Waals surface area contributed by atoms with Crippen LogP contribution in [0.25, 0.3) is 0 Å². The summed E-state index contributed by atoms with van der Waals surface area (Å²) >= 11 is 5.97. The Balaban J connectivity index is 2.58. The molecule has 0 amide bonds. The van der Waals surface area contributed by atoms with Gasteiger partial charge in [-0.15, -0.1) is 11.6 Å². The Morgan fingerprint density at radius 2 is 2.42 bits per heavy atom. The van der Waals surface area contributed by atoms with Crippen LogP contribution in [0.2, 0.25) is 0 Å². The van der Waals surface area contributed by atoms with E-state index in [0.717, 1.165) is 12.8 Å². The lowest BCUT2D eigenvalue weighted by molar-refractivity contribution is -0.00207. The van der Waals surface area contributed by atoms with Gasteiger partial charge in [0.15, 0.2) is 0 Å². The highest BCUT2D eigenvalue weighted by molar-refractivity contribution is 6.20. The molecule has 0 saturated heterocycles. The fourth-order valence-corrected chi connectivity index (χ4v) is 1.68. The summed E-state index contributed by atoms with van der Waals surface area (Å²) in [5, 5.41) is 0.114. The fourth-order valence-electron chi connectivity index (χ4n) is 1.52. The predicted octanol–water partition coefficient (Wildman–Crippen LogP) is 3.13. The van der Waals surface area contributed by atoms with E-state index in [4.69, 9.17) is 16.3 Å². The second-order valence-electron chi connectivity index (χ2n) is 3.43. The number of rotatable bonds is 2. The van der Waals surface area contributed by atoms with E-state index in [1.165, 1.54) is 5.57 Å². The summed E-state index contributed by atoms with van der Waals surface area (Å²) in [6, 6.07) is 0. The van der Waals surface area contributed by atoms with Gasteiger partial charge < -0.3 is 4.74 Å². The van der Waals surface area contributed by atoms with Gasteiger partial charge in [0, 0.05) is 0 Å². The van der Waals surface area contributed by atoms with Gasteiger partial charge in [0.25, 0.3) is 0 Å². The second kappa shape index (κ2) is 4.29. The van der Waals surface area contributed by atoms with E-state index >= 15 is 0 Å². The monoisotopic (exact) mass is 188 g/mol. The Labute approximate surface area is 79.7 Å². The average Bonchev–Trinajstić information content (AvgIpc) is 2.05. The quantitative estimate of drug-likeness (QED) is 0.478. The summed E-state index contributed by atoms with van der Waals surface area (Å²) < 4.78 is 5.81. The number of alkyl halides is 1. The summed E-state index contributed by atoms with van der Waals surface area (Å²) in [6.07, 6.45) is 4.77. The summed E-state index contributed by atoms with van der Waals surface area (Å²) in [5.74, 6) is 0. The van der Waals surface area contributed by atoms with Crippen molar-refractivity contribution in [3.8, 4) is 0 Å². The molecule has 0 bridgehead atoms. The van der Waals surface area contributed by atoms with Crippen LogP contribution in [0.3, 0.4) is 0 Å². The van der Waals surface area contributed by atoms with Crippen molar-refractivity contribution in [2.24, 2.45) is 0 Å². The maximum Gasteiger partial charge on any atom is 0.0784 e. The first-order valence-electron chi connectivity index (χ1n) is 4.61.